The number of nitrogen functional groups attached to an aromatic ring is 1. The number of thioether (sulfide) groups is 1. The van der Waals surface area contributed by atoms with Gasteiger partial charge in [-0.25, -0.2) is 0 Å². The summed E-state index contributed by atoms with van der Waals surface area (Å²) >= 11 is 7.54. The molecule has 3 N–H and O–H groups in total. The Balaban J connectivity index is 2.64. The minimum atomic E-state index is -0.585. The third kappa shape index (κ3) is 3.58. The number of hydrogen-bond acceptors (Lipinski definition) is 3. The van der Waals surface area contributed by atoms with Gasteiger partial charge in [0.15, 0.2) is 0 Å². The number of halogens is 1. The summed E-state index contributed by atoms with van der Waals surface area (Å²) < 4.78 is 0. The highest BCUT2D eigenvalue weighted by molar-refractivity contribution is 7.99. The molecule has 0 aliphatic rings. The Kier molecular flexibility index (Phi) is 4.96. The topological polar surface area (TPSA) is 46.2 Å². The molecule has 0 saturated heterocycles. The van der Waals surface area contributed by atoms with Crippen LogP contribution in [0, 0.1) is 0 Å². The minimum Gasteiger partial charge on any atom is -0.398 e. The van der Waals surface area contributed by atoms with Crippen molar-refractivity contribution in [3.05, 3.63) is 23.2 Å². The van der Waals surface area contributed by atoms with Crippen molar-refractivity contribution >= 4 is 29.1 Å². The van der Waals surface area contributed by atoms with Crippen molar-refractivity contribution in [3.8, 4) is 0 Å². The molecule has 0 amide bonds. The number of aliphatic hydroxyl groups is 1. The van der Waals surface area contributed by atoms with E-state index in [0.717, 1.165) is 17.7 Å². The van der Waals surface area contributed by atoms with Gasteiger partial charge in [-0.2, -0.15) is 0 Å². The van der Waals surface area contributed by atoms with Crippen LogP contribution in [0.3, 0.4) is 0 Å². The first-order valence-electron chi connectivity index (χ1n) is 5.41. The second-order valence-corrected chi connectivity index (χ2v) is 5.36. The van der Waals surface area contributed by atoms with E-state index in [2.05, 4.69) is 0 Å². The van der Waals surface area contributed by atoms with E-state index in [4.69, 9.17) is 17.3 Å². The van der Waals surface area contributed by atoms with Crippen molar-refractivity contribution in [1.82, 2.24) is 0 Å². The Morgan fingerprint density at radius 1 is 1.38 bits per heavy atom. The van der Waals surface area contributed by atoms with Gasteiger partial charge in [0.25, 0.3) is 0 Å². The summed E-state index contributed by atoms with van der Waals surface area (Å²) in [6.07, 6.45) is 1.53. The Morgan fingerprint density at radius 2 is 2.00 bits per heavy atom. The Morgan fingerprint density at radius 3 is 2.50 bits per heavy atom. The summed E-state index contributed by atoms with van der Waals surface area (Å²) in [5.41, 5.74) is 5.64. The lowest BCUT2D eigenvalue weighted by Crippen LogP contribution is -2.29. The lowest BCUT2D eigenvalue weighted by Gasteiger charge is -2.24. The highest BCUT2D eigenvalue weighted by Gasteiger charge is 2.22. The fourth-order valence-electron chi connectivity index (χ4n) is 1.27. The predicted octanol–water partition coefficient (Wildman–Crippen LogP) is 3.57. The van der Waals surface area contributed by atoms with Crippen LogP contribution in [-0.4, -0.2) is 16.5 Å². The lowest BCUT2D eigenvalue weighted by molar-refractivity contribution is 0.0572. The van der Waals surface area contributed by atoms with E-state index in [1.807, 2.05) is 26.0 Å². The van der Waals surface area contributed by atoms with Crippen molar-refractivity contribution in [2.24, 2.45) is 0 Å². The average molecular weight is 260 g/mol. The van der Waals surface area contributed by atoms with Crippen LogP contribution < -0.4 is 5.73 Å². The number of hydrogen-bond donors (Lipinski definition) is 2. The molecule has 0 atom stereocenters. The highest BCUT2D eigenvalue weighted by atomic mass is 35.5. The molecule has 0 bridgehead atoms. The molecule has 0 radical (unpaired) electrons. The Labute approximate surface area is 106 Å². The van der Waals surface area contributed by atoms with Crippen LogP contribution in [0.15, 0.2) is 23.1 Å². The fourth-order valence-corrected chi connectivity index (χ4v) is 2.72. The van der Waals surface area contributed by atoms with E-state index in [1.165, 1.54) is 0 Å². The summed E-state index contributed by atoms with van der Waals surface area (Å²) in [4.78, 5) is 1.04. The summed E-state index contributed by atoms with van der Waals surface area (Å²) in [6, 6.07) is 5.56. The van der Waals surface area contributed by atoms with Gasteiger partial charge in [0, 0.05) is 10.6 Å². The number of nitrogens with two attached hydrogens (primary N) is 1. The largest absolute Gasteiger partial charge is 0.398 e. The molecule has 4 heteroatoms. The molecule has 0 aliphatic carbocycles. The van der Waals surface area contributed by atoms with E-state index >= 15 is 0 Å². The molecule has 0 saturated carbocycles. The van der Waals surface area contributed by atoms with Crippen LogP contribution in [0.2, 0.25) is 5.02 Å². The van der Waals surface area contributed by atoms with Crippen molar-refractivity contribution in [2.75, 3.05) is 11.5 Å². The Hall–Kier alpha value is -0.380. The molecule has 1 rings (SSSR count). The smallest absolute Gasteiger partial charge is 0.0736 e. The maximum Gasteiger partial charge on any atom is 0.0736 e. The molecule has 1 aromatic rings. The second kappa shape index (κ2) is 5.80. The highest BCUT2D eigenvalue weighted by Crippen LogP contribution is 2.30. The third-order valence-corrected chi connectivity index (χ3v) is 4.39. The van der Waals surface area contributed by atoms with E-state index in [-0.39, 0.29) is 0 Å². The van der Waals surface area contributed by atoms with Gasteiger partial charge in [0.2, 0.25) is 0 Å². The van der Waals surface area contributed by atoms with Gasteiger partial charge in [-0.05, 0) is 31.0 Å². The standard InChI is InChI=1S/C12H18ClNOS/c1-3-12(15,4-2)8-16-9-5-6-11(14)10(13)7-9/h5-7,15H,3-4,8,14H2,1-2H3. The summed E-state index contributed by atoms with van der Waals surface area (Å²) in [7, 11) is 0. The third-order valence-electron chi connectivity index (χ3n) is 2.80. The first kappa shape index (κ1) is 13.7. The van der Waals surface area contributed by atoms with Crippen LogP contribution in [0.4, 0.5) is 5.69 Å². The lowest BCUT2D eigenvalue weighted by atomic mass is 10.0. The van der Waals surface area contributed by atoms with Crippen LogP contribution in [-0.2, 0) is 0 Å². The molecule has 0 spiro atoms. The zero-order chi connectivity index (χ0) is 12.2. The van der Waals surface area contributed by atoms with E-state index in [1.54, 1.807) is 17.8 Å². The molecule has 16 heavy (non-hydrogen) atoms. The van der Waals surface area contributed by atoms with Crippen LogP contribution >= 0.6 is 23.4 Å². The molecular weight excluding hydrogens is 242 g/mol. The van der Waals surface area contributed by atoms with Gasteiger partial charge in [-0.3, -0.25) is 0 Å². The summed E-state index contributed by atoms with van der Waals surface area (Å²) in [5.74, 6) is 0.681. The van der Waals surface area contributed by atoms with Gasteiger partial charge in [0.05, 0.1) is 16.3 Å². The predicted molar refractivity (Wildman–Crippen MR) is 72.1 cm³/mol. The molecule has 0 aromatic heterocycles. The fraction of sp³-hybridized carbons (Fsp3) is 0.500. The van der Waals surface area contributed by atoms with Gasteiger partial charge in [-0.1, -0.05) is 25.4 Å². The monoisotopic (exact) mass is 259 g/mol. The summed E-state index contributed by atoms with van der Waals surface area (Å²) in [6.45, 7) is 4.00. The van der Waals surface area contributed by atoms with Crippen molar-refractivity contribution < 1.29 is 5.11 Å². The molecule has 0 heterocycles. The second-order valence-electron chi connectivity index (χ2n) is 3.90. The van der Waals surface area contributed by atoms with Crippen molar-refractivity contribution in [1.29, 1.82) is 0 Å². The average Bonchev–Trinajstić information content (AvgIpc) is 2.30. The van der Waals surface area contributed by atoms with Crippen LogP contribution in [0.5, 0.6) is 0 Å². The van der Waals surface area contributed by atoms with Crippen LogP contribution in [0.25, 0.3) is 0 Å². The van der Waals surface area contributed by atoms with Crippen LogP contribution in [0.1, 0.15) is 26.7 Å². The van der Waals surface area contributed by atoms with E-state index in [9.17, 15) is 5.11 Å². The van der Waals surface area contributed by atoms with Gasteiger partial charge in [0.1, 0.15) is 0 Å². The zero-order valence-corrected chi connectivity index (χ0v) is 11.2. The van der Waals surface area contributed by atoms with Crippen molar-refractivity contribution in [2.45, 2.75) is 37.2 Å². The molecule has 1 aromatic carbocycles. The zero-order valence-electron chi connectivity index (χ0n) is 9.66. The van der Waals surface area contributed by atoms with Crippen molar-refractivity contribution in [3.63, 3.8) is 0 Å². The van der Waals surface area contributed by atoms with E-state index < -0.39 is 5.60 Å². The number of rotatable bonds is 5. The first-order chi connectivity index (χ1) is 7.50. The maximum atomic E-state index is 10.1. The Bertz CT molecular complexity index is 353. The summed E-state index contributed by atoms with van der Waals surface area (Å²) in [5, 5.41) is 10.7. The molecular formula is C12H18ClNOS. The van der Waals surface area contributed by atoms with E-state index in [0.29, 0.717) is 16.5 Å². The maximum absolute atomic E-state index is 10.1. The van der Waals surface area contributed by atoms with Gasteiger partial charge >= 0.3 is 0 Å². The van der Waals surface area contributed by atoms with Gasteiger partial charge in [-0.15, -0.1) is 11.8 Å². The molecule has 0 fully saturated rings. The molecule has 90 valence electrons. The molecule has 0 aliphatic heterocycles. The number of anilines is 1. The SMILES string of the molecule is CCC(O)(CC)CSc1ccc(N)c(Cl)c1. The molecule has 0 unspecified atom stereocenters. The normalized spacial score (nSPS) is 11.8. The van der Waals surface area contributed by atoms with Gasteiger partial charge < -0.3 is 10.8 Å². The first-order valence-corrected chi connectivity index (χ1v) is 6.77. The molecule has 2 nitrogen and oxygen atoms in total. The number of benzene rings is 1. The minimum absolute atomic E-state index is 0.571. The quantitative estimate of drug-likeness (QED) is 0.628.